The number of hydrogen-bond acceptors (Lipinski definition) is 4. The van der Waals surface area contributed by atoms with Gasteiger partial charge < -0.3 is 19.2 Å². The quantitative estimate of drug-likeness (QED) is 0.808. The van der Waals surface area contributed by atoms with Gasteiger partial charge in [-0.05, 0) is 50.5 Å². The monoisotopic (exact) mass is 317 g/mol. The molecule has 0 fully saturated rings. The second kappa shape index (κ2) is 7.83. The Morgan fingerprint density at radius 2 is 1.91 bits per heavy atom. The lowest BCUT2D eigenvalue weighted by Gasteiger charge is -2.11. The lowest BCUT2D eigenvalue weighted by molar-refractivity contribution is -0.137. The van der Waals surface area contributed by atoms with Crippen LogP contribution in [0.25, 0.3) is 11.3 Å². The summed E-state index contributed by atoms with van der Waals surface area (Å²) in [6, 6.07) is 11.4. The van der Waals surface area contributed by atoms with E-state index in [-0.39, 0.29) is 12.3 Å². The number of ether oxygens (including phenoxy) is 1. The van der Waals surface area contributed by atoms with Crippen LogP contribution in [0, 0.1) is 0 Å². The molecule has 0 radical (unpaired) electrons. The van der Waals surface area contributed by atoms with Gasteiger partial charge in [-0.25, -0.2) is 0 Å². The summed E-state index contributed by atoms with van der Waals surface area (Å²) in [7, 11) is 4.01. The molecule has 0 saturated heterocycles. The average Bonchev–Trinajstić information content (AvgIpc) is 2.97. The number of carboxylic acid groups (broad SMARTS) is 1. The van der Waals surface area contributed by atoms with E-state index in [1.165, 1.54) is 0 Å². The Labute approximate surface area is 136 Å². The maximum atomic E-state index is 10.8. The Bertz CT molecular complexity index is 631. The van der Waals surface area contributed by atoms with Gasteiger partial charge in [0.05, 0.1) is 6.42 Å². The van der Waals surface area contributed by atoms with Gasteiger partial charge in [-0.3, -0.25) is 4.79 Å². The topological polar surface area (TPSA) is 62.9 Å². The van der Waals surface area contributed by atoms with Crippen LogP contribution in [0.2, 0.25) is 0 Å². The highest BCUT2D eigenvalue weighted by Gasteiger charge is 2.14. The van der Waals surface area contributed by atoms with Crippen molar-refractivity contribution in [2.45, 2.75) is 19.3 Å². The number of carbonyl (C=O) groups is 1. The molecule has 0 bridgehead atoms. The second-order valence-electron chi connectivity index (χ2n) is 5.88. The summed E-state index contributed by atoms with van der Waals surface area (Å²) in [6.45, 7) is 3.35. The third-order valence-electron chi connectivity index (χ3n) is 3.54. The van der Waals surface area contributed by atoms with E-state index < -0.39 is 5.97 Å². The number of hydrogen-bond donors (Lipinski definition) is 1. The van der Waals surface area contributed by atoms with Crippen LogP contribution in [0.1, 0.15) is 25.0 Å². The molecular weight excluding hydrogens is 294 g/mol. The smallest absolute Gasteiger partial charge is 0.304 e. The third-order valence-corrected chi connectivity index (χ3v) is 3.54. The van der Waals surface area contributed by atoms with Gasteiger partial charge in [0, 0.05) is 18.0 Å². The Hall–Kier alpha value is -2.27. The molecule has 1 aromatic carbocycles. The third kappa shape index (κ3) is 5.14. The predicted octanol–water partition coefficient (Wildman–Crippen LogP) is 3.47. The van der Waals surface area contributed by atoms with Crippen LogP contribution in [0.5, 0.6) is 5.75 Å². The van der Waals surface area contributed by atoms with E-state index in [1.54, 1.807) is 0 Å². The number of likely N-dealkylation sites (N-methyl/N-ethyl adjacent to an activating group) is 1. The highest BCUT2D eigenvalue weighted by molar-refractivity contribution is 5.68. The van der Waals surface area contributed by atoms with Crippen molar-refractivity contribution >= 4 is 5.97 Å². The largest absolute Gasteiger partial charge is 0.492 e. The summed E-state index contributed by atoms with van der Waals surface area (Å²) in [4.78, 5) is 12.8. The van der Waals surface area contributed by atoms with E-state index in [9.17, 15) is 4.79 Å². The fourth-order valence-corrected chi connectivity index (χ4v) is 2.20. The van der Waals surface area contributed by atoms with Crippen LogP contribution in [-0.4, -0.2) is 43.2 Å². The molecule has 23 heavy (non-hydrogen) atoms. The van der Waals surface area contributed by atoms with Gasteiger partial charge in [0.15, 0.2) is 0 Å². The van der Waals surface area contributed by atoms with Crippen molar-refractivity contribution < 1.29 is 19.1 Å². The number of benzene rings is 1. The first-order valence-electron chi connectivity index (χ1n) is 7.65. The standard InChI is InChI=1S/C18H23NO4/c1-13(12-18(20)21)16-8-9-17(23-16)14-4-6-15(7-5-14)22-11-10-19(2)3/h4-9,13H,10-12H2,1-3H3,(H,20,21). The molecule has 1 atom stereocenters. The van der Waals surface area contributed by atoms with E-state index in [4.69, 9.17) is 14.3 Å². The van der Waals surface area contributed by atoms with Crippen molar-refractivity contribution in [1.82, 2.24) is 4.90 Å². The molecule has 0 aliphatic rings. The minimum Gasteiger partial charge on any atom is -0.492 e. The molecule has 124 valence electrons. The fraction of sp³-hybridized carbons (Fsp3) is 0.389. The van der Waals surface area contributed by atoms with Crippen LogP contribution in [0.4, 0.5) is 0 Å². The van der Waals surface area contributed by atoms with Crippen LogP contribution in [0.15, 0.2) is 40.8 Å². The van der Waals surface area contributed by atoms with Crippen molar-refractivity contribution in [1.29, 1.82) is 0 Å². The highest BCUT2D eigenvalue weighted by atomic mass is 16.5. The van der Waals surface area contributed by atoms with E-state index in [0.29, 0.717) is 12.4 Å². The van der Waals surface area contributed by atoms with E-state index in [2.05, 4.69) is 4.90 Å². The summed E-state index contributed by atoms with van der Waals surface area (Å²) < 4.78 is 11.4. The van der Waals surface area contributed by atoms with Gasteiger partial charge in [-0.1, -0.05) is 6.92 Å². The Balaban J connectivity index is 1.99. The Morgan fingerprint density at radius 1 is 1.22 bits per heavy atom. The lowest BCUT2D eigenvalue weighted by atomic mass is 10.1. The number of aliphatic carboxylic acids is 1. The van der Waals surface area contributed by atoms with Crippen molar-refractivity contribution in [3.8, 4) is 17.1 Å². The molecule has 1 heterocycles. The molecule has 0 spiro atoms. The summed E-state index contributed by atoms with van der Waals surface area (Å²) in [5.41, 5.74) is 0.943. The molecule has 1 unspecified atom stereocenters. The summed E-state index contributed by atoms with van der Waals surface area (Å²) in [6.07, 6.45) is 0.0611. The molecule has 2 aromatic rings. The molecule has 0 amide bonds. The maximum absolute atomic E-state index is 10.8. The average molecular weight is 317 g/mol. The molecular formula is C18H23NO4. The van der Waals surface area contributed by atoms with Gasteiger partial charge in [0.2, 0.25) is 0 Å². The number of nitrogens with zero attached hydrogens (tertiary/aromatic N) is 1. The zero-order chi connectivity index (χ0) is 16.8. The van der Waals surface area contributed by atoms with Crippen LogP contribution in [-0.2, 0) is 4.79 Å². The minimum absolute atomic E-state index is 0.0611. The van der Waals surface area contributed by atoms with Gasteiger partial charge in [-0.15, -0.1) is 0 Å². The Kier molecular flexibility index (Phi) is 5.82. The van der Waals surface area contributed by atoms with E-state index >= 15 is 0 Å². The van der Waals surface area contributed by atoms with E-state index in [1.807, 2.05) is 57.4 Å². The Morgan fingerprint density at radius 3 is 2.52 bits per heavy atom. The number of rotatable bonds is 8. The predicted molar refractivity (Wildman–Crippen MR) is 88.9 cm³/mol. The molecule has 0 saturated carbocycles. The SMILES string of the molecule is CC(CC(=O)O)c1ccc(-c2ccc(OCCN(C)C)cc2)o1. The van der Waals surface area contributed by atoms with Gasteiger partial charge in [0.1, 0.15) is 23.9 Å². The summed E-state index contributed by atoms with van der Waals surface area (Å²) in [5.74, 6) is 1.27. The minimum atomic E-state index is -0.824. The van der Waals surface area contributed by atoms with Gasteiger partial charge >= 0.3 is 5.97 Å². The highest BCUT2D eigenvalue weighted by Crippen LogP contribution is 2.28. The molecule has 2 rings (SSSR count). The molecule has 1 N–H and O–H groups in total. The number of carboxylic acids is 1. The molecule has 5 heteroatoms. The first kappa shape index (κ1) is 17.1. The van der Waals surface area contributed by atoms with Crippen LogP contribution < -0.4 is 4.74 Å². The van der Waals surface area contributed by atoms with Crippen molar-refractivity contribution in [3.63, 3.8) is 0 Å². The normalized spacial score (nSPS) is 12.3. The van der Waals surface area contributed by atoms with Crippen molar-refractivity contribution in [3.05, 3.63) is 42.2 Å². The van der Waals surface area contributed by atoms with Gasteiger partial charge in [-0.2, -0.15) is 0 Å². The summed E-state index contributed by atoms with van der Waals surface area (Å²) in [5, 5.41) is 8.85. The molecule has 1 aromatic heterocycles. The zero-order valence-corrected chi connectivity index (χ0v) is 13.8. The zero-order valence-electron chi connectivity index (χ0n) is 13.8. The second-order valence-corrected chi connectivity index (χ2v) is 5.88. The van der Waals surface area contributed by atoms with Crippen molar-refractivity contribution in [2.75, 3.05) is 27.2 Å². The van der Waals surface area contributed by atoms with Crippen LogP contribution >= 0.6 is 0 Å². The summed E-state index contributed by atoms with van der Waals surface area (Å²) >= 11 is 0. The molecule has 5 nitrogen and oxygen atoms in total. The molecule has 0 aliphatic heterocycles. The van der Waals surface area contributed by atoms with E-state index in [0.717, 1.165) is 23.6 Å². The number of furan rings is 1. The lowest BCUT2D eigenvalue weighted by Crippen LogP contribution is -2.19. The molecule has 0 aliphatic carbocycles. The maximum Gasteiger partial charge on any atom is 0.304 e. The van der Waals surface area contributed by atoms with Crippen molar-refractivity contribution in [2.24, 2.45) is 0 Å². The first-order chi connectivity index (χ1) is 11.0. The van der Waals surface area contributed by atoms with Crippen LogP contribution in [0.3, 0.4) is 0 Å². The van der Waals surface area contributed by atoms with Gasteiger partial charge in [0.25, 0.3) is 0 Å². The fourth-order valence-electron chi connectivity index (χ4n) is 2.20. The first-order valence-corrected chi connectivity index (χ1v) is 7.65.